The van der Waals surface area contributed by atoms with E-state index in [-0.39, 0.29) is 43.6 Å². The second-order valence-electron chi connectivity index (χ2n) is 9.76. The van der Waals surface area contributed by atoms with Crippen molar-refractivity contribution in [3.05, 3.63) is 64.3 Å². The Morgan fingerprint density at radius 2 is 1.51 bits per heavy atom. The molecular formula is C24H24BCl2N5O5S2. The SMILES string of the molecule is [B]c1ccc(C[C@]2(C)C(=O)N(c3cc(Cl)cc(Cl)c3)c3ncc(S(=O)(=O)N4CCN(S(C)(=O)=O)CC4)n32)cc1. The fraction of sp³-hybridized carbons (Fsp3) is 0.333. The first-order chi connectivity index (χ1) is 18.2. The highest BCUT2D eigenvalue weighted by molar-refractivity contribution is 7.89. The number of imidazole rings is 1. The number of benzene rings is 2. The summed E-state index contributed by atoms with van der Waals surface area (Å²) in [6.45, 7) is 1.63. The number of hydrogen-bond donors (Lipinski definition) is 0. The first-order valence-corrected chi connectivity index (χ1v) is 15.9. The molecule has 1 saturated heterocycles. The number of anilines is 2. The fourth-order valence-corrected chi connectivity index (χ4v) is 7.97. The van der Waals surface area contributed by atoms with E-state index in [0.717, 1.165) is 11.8 Å². The molecule has 10 nitrogen and oxygen atoms in total. The minimum absolute atomic E-state index is 0.0217. The molecule has 2 radical (unpaired) electrons. The lowest BCUT2D eigenvalue weighted by atomic mass is 9.89. The van der Waals surface area contributed by atoms with Crippen LogP contribution in [0.25, 0.3) is 0 Å². The van der Waals surface area contributed by atoms with Crippen molar-refractivity contribution in [3.8, 4) is 0 Å². The van der Waals surface area contributed by atoms with Crippen molar-refractivity contribution in [2.24, 2.45) is 0 Å². The van der Waals surface area contributed by atoms with E-state index < -0.39 is 31.5 Å². The normalized spacial score (nSPS) is 20.9. The quantitative estimate of drug-likeness (QED) is 0.396. The van der Waals surface area contributed by atoms with Gasteiger partial charge in [-0.05, 0) is 30.7 Å². The number of nitrogens with zero attached hydrogens (tertiary/aromatic N) is 5. The number of hydrogen-bond acceptors (Lipinski definition) is 6. The molecule has 204 valence electrons. The second kappa shape index (κ2) is 9.90. The Bertz CT molecular complexity index is 1650. The lowest BCUT2D eigenvalue weighted by molar-refractivity contribution is -0.124. The second-order valence-corrected chi connectivity index (χ2v) is 14.5. The maximum absolute atomic E-state index is 14.1. The minimum atomic E-state index is -4.17. The molecule has 1 amide bonds. The van der Waals surface area contributed by atoms with E-state index in [9.17, 15) is 21.6 Å². The summed E-state index contributed by atoms with van der Waals surface area (Å²) in [5.74, 6) is -0.316. The number of carbonyl (C=O) groups excluding carboxylic acids is 1. The van der Waals surface area contributed by atoms with Gasteiger partial charge in [0.05, 0.1) is 18.1 Å². The summed E-state index contributed by atoms with van der Waals surface area (Å²) in [6.07, 6.45) is 2.46. The molecule has 0 bridgehead atoms. The largest absolute Gasteiger partial charge is 0.284 e. The van der Waals surface area contributed by atoms with Crippen LogP contribution in [0.1, 0.15) is 12.5 Å². The van der Waals surface area contributed by atoms with Crippen LogP contribution in [0.15, 0.2) is 53.7 Å². The zero-order valence-electron chi connectivity index (χ0n) is 21.1. The number of rotatable bonds is 6. The molecule has 1 aromatic heterocycles. The van der Waals surface area contributed by atoms with Crippen LogP contribution in [0.3, 0.4) is 0 Å². The Morgan fingerprint density at radius 3 is 2.08 bits per heavy atom. The number of piperazine rings is 1. The summed E-state index contributed by atoms with van der Waals surface area (Å²) in [4.78, 5) is 19.8. The third kappa shape index (κ3) is 5.00. The first-order valence-electron chi connectivity index (χ1n) is 11.9. The highest BCUT2D eigenvalue weighted by Gasteiger charge is 2.52. The van der Waals surface area contributed by atoms with Crippen molar-refractivity contribution in [1.82, 2.24) is 18.2 Å². The van der Waals surface area contributed by atoms with Crippen molar-refractivity contribution < 1.29 is 21.6 Å². The van der Waals surface area contributed by atoms with Crippen molar-refractivity contribution in [2.75, 3.05) is 37.3 Å². The molecule has 0 aliphatic carbocycles. The van der Waals surface area contributed by atoms with E-state index in [0.29, 0.717) is 21.2 Å². The molecule has 2 aromatic carbocycles. The van der Waals surface area contributed by atoms with Gasteiger partial charge in [0.15, 0.2) is 5.03 Å². The summed E-state index contributed by atoms with van der Waals surface area (Å²) in [5.41, 5.74) is 0.261. The number of fused-ring (bicyclic) bond motifs is 1. The molecule has 0 spiro atoms. The van der Waals surface area contributed by atoms with Gasteiger partial charge < -0.3 is 0 Å². The maximum atomic E-state index is 14.1. The monoisotopic (exact) mass is 607 g/mol. The average Bonchev–Trinajstić information content (AvgIpc) is 3.38. The number of amides is 1. The first kappa shape index (κ1) is 28.1. The molecule has 3 heterocycles. The van der Waals surface area contributed by atoms with E-state index in [1.54, 1.807) is 43.3 Å². The molecule has 2 aliphatic heterocycles. The van der Waals surface area contributed by atoms with E-state index >= 15 is 0 Å². The van der Waals surface area contributed by atoms with E-state index in [4.69, 9.17) is 31.0 Å². The van der Waals surface area contributed by atoms with Crippen LogP contribution >= 0.6 is 23.2 Å². The molecule has 0 unspecified atom stereocenters. The van der Waals surface area contributed by atoms with Gasteiger partial charge in [0, 0.05) is 42.6 Å². The van der Waals surface area contributed by atoms with Gasteiger partial charge in [-0.15, -0.1) is 0 Å². The Morgan fingerprint density at radius 1 is 0.949 bits per heavy atom. The average molecular weight is 608 g/mol. The van der Waals surface area contributed by atoms with Gasteiger partial charge in [-0.2, -0.15) is 8.61 Å². The van der Waals surface area contributed by atoms with Crippen LogP contribution in [-0.2, 0) is 36.8 Å². The van der Waals surface area contributed by atoms with Gasteiger partial charge in [-0.3, -0.25) is 9.36 Å². The Hall–Kier alpha value is -2.42. The maximum Gasteiger partial charge on any atom is 0.260 e. The van der Waals surface area contributed by atoms with Gasteiger partial charge in [0.25, 0.3) is 15.9 Å². The smallest absolute Gasteiger partial charge is 0.260 e. The number of carbonyl (C=O) groups is 1. The van der Waals surface area contributed by atoms with E-state index in [1.165, 1.54) is 30.3 Å². The predicted octanol–water partition coefficient (Wildman–Crippen LogP) is 1.89. The zero-order chi connectivity index (χ0) is 28.3. The van der Waals surface area contributed by atoms with Crippen LogP contribution in [0.4, 0.5) is 11.6 Å². The van der Waals surface area contributed by atoms with Gasteiger partial charge in [-0.25, -0.2) is 26.7 Å². The molecule has 2 aliphatic rings. The minimum Gasteiger partial charge on any atom is -0.284 e. The number of halogens is 2. The molecule has 5 rings (SSSR count). The summed E-state index contributed by atoms with van der Waals surface area (Å²) in [5, 5.41) is 0.423. The molecule has 1 fully saturated rings. The summed E-state index contributed by atoms with van der Waals surface area (Å²) in [7, 11) is -1.78. The van der Waals surface area contributed by atoms with Crippen LogP contribution in [0.2, 0.25) is 10.0 Å². The van der Waals surface area contributed by atoms with Crippen LogP contribution in [-0.4, -0.2) is 81.2 Å². The van der Waals surface area contributed by atoms with Crippen molar-refractivity contribution in [3.63, 3.8) is 0 Å². The summed E-state index contributed by atoms with van der Waals surface area (Å²) >= 11 is 12.5. The number of sulfonamides is 2. The number of aromatic nitrogens is 2. The Balaban J connectivity index is 1.62. The fourth-order valence-electron chi connectivity index (χ4n) is 5.02. The van der Waals surface area contributed by atoms with E-state index in [1.807, 2.05) is 0 Å². The lowest BCUT2D eigenvalue weighted by Gasteiger charge is -2.33. The van der Waals surface area contributed by atoms with Gasteiger partial charge in [-0.1, -0.05) is 52.9 Å². The van der Waals surface area contributed by atoms with Gasteiger partial charge in [0.2, 0.25) is 16.0 Å². The molecule has 39 heavy (non-hydrogen) atoms. The molecule has 1 atom stereocenters. The molecular weight excluding hydrogens is 584 g/mol. The topological polar surface area (TPSA) is 113 Å². The van der Waals surface area contributed by atoms with Crippen molar-refractivity contribution >= 4 is 74.1 Å². The van der Waals surface area contributed by atoms with Crippen LogP contribution in [0.5, 0.6) is 0 Å². The highest BCUT2D eigenvalue weighted by atomic mass is 35.5. The molecule has 15 heteroatoms. The zero-order valence-corrected chi connectivity index (χ0v) is 24.2. The third-order valence-electron chi connectivity index (χ3n) is 6.97. The summed E-state index contributed by atoms with van der Waals surface area (Å²) in [6, 6.07) is 11.6. The highest BCUT2D eigenvalue weighted by Crippen LogP contribution is 2.44. The van der Waals surface area contributed by atoms with Crippen LogP contribution in [0, 0.1) is 0 Å². The predicted molar refractivity (Wildman–Crippen MR) is 150 cm³/mol. The Labute approximate surface area is 238 Å². The standard InChI is InChI=1S/C24H24BCl2N5O5S2/c1-24(14-16-3-5-17(25)6-4-16)22(33)31(20-12-18(26)11-19(27)13-20)23-28-15-21(32(23)24)39(36,37)30-9-7-29(8-10-30)38(2,34)35/h3-6,11-13,15H,7-10,14H2,1-2H3/t24-/m1/s1. The third-order valence-corrected chi connectivity index (χ3v) is 10.6. The molecule has 3 aromatic rings. The van der Waals surface area contributed by atoms with Gasteiger partial charge >= 0.3 is 0 Å². The Kier molecular flexibility index (Phi) is 7.14. The van der Waals surface area contributed by atoms with Crippen molar-refractivity contribution in [1.29, 1.82) is 0 Å². The van der Waals surface area contributed by atoms with Crippen LogP contribution < -0.4 is 10.4 Å². The lowest BCUT2D eigenvalue weighted by Crippen LogP contribution is -2.51. The van der Waals surface area contributed by atoms with Crippen molar-refractivity contribution in [2.45, 2.75) is 23.9 Å². The van der Waals surface area contributed by atoms with Gasteiger partial charge in [0.1, 0.15) is 13.4 Å². The molecule has 0 saturated carbocycles. The summed E-state index contributed by atoms with van der Waals surface area (Å²) < 4.78 is 55.6. The molecule has 0 N–H and O–H groups in total. The van der Waals surface area contributed by atoms with E-state index in [2.05, 4.69) is 4.98 Å².